The monoisotopic (exact) mass is 356 g/mol. The van der Waals surface area contributed by atoms with Crippen LogP contribution in [0, 0.1) is 11.3 Å². The Labute approximate surface area is 147 Å². The zero-order valence-corrected chi connectivity index (χ0v) is 15.2. The van der Waals surface area contributed by atoms with E-state index in [1.54, 1.807) is 36.9 Å². The van der Waals surface area contributed by atoms with E-state index in [4.69, 9.17) is 23.2 Å². The highest BCUT2D eigenvalue weighted by atomic mass is 35.5. The van der Waals surface area contributed by atoms with E-state index in [9.17, 15) is 9.59 Å². The number of hydrogen-bond donors (Lipinski definition) is 1. The third kappa shape index (κ3) is 4.18. The Morgan fingerprint density at radius 2 is 1.83 bits per heavy atom. The number of benzene rings is 1. The highest BCUT2D eigenvalue weighted by molar-refractivity contribution is 6.35. The van der Waals surface area contributed by atoms with Gasteiger partial charge in [-0.25, -0.2) is 0 Å². The van der Waals surface area contributed by atoms with Gasteiger partial charge in [0.25, 0.3) is 0 Å². The first kappa shape index (κ1) is 18.1. The van der Waals surface area contributed by atoms with Crippen molar-refractivity contribution in [1.29, 1.82) is 0 Å². The van der Waals surface area contributed by atoms with E-state index in [-0.39, 0.29) is 11.8 Å². The molecule has 0 aromatic heterocycles. The van der Waals surface area contributed by atoms with Crippen LogP contribution >= 0.6 is 23.2 Å². The van der Waals surface area contributed by atoms with Crippen molar-refractivity contribution < 1.29 is 9.59 Å². The summed E-state index contributed by atoms with van der Waals surface area (Å²) in [5.41, 5.74) is -0.746. The molecule has 1 N–H and O–H groups in total. The summed E-state index contributed by atoms with van der Waals surface area (Å²) >= 11 is 12.0. The second kappa shape index (κ2) is 7.10. The van der Waals surface area contributed by atoms with Crippen molar-refractivity contribution in [3.8, 4) is 0 Å². The van der Waals surface area contributed by atoms with Gasteiger partial charge >= 0.3 is 0 Å². The number of hydrogen-bond acceptors (Lipinski definition) is 2. The lowest BCUT2D eigenvalue weighted by Crippen LogP contribution is -2.49. The molecule has 1 fully saturated rings. The summed E-state index contributed by atoms with van der Waals surface area (Å²) in [4.78, 5) is 27.1. The molecule has 0 aliphatic carbocycles. The van der Waals surface area contributed by atoms with Crippen molar-refractivity contribution in [2.75, 3.05) is 18.4 Å². The highest BCUT2D eigenvalue weighted by Crippen LogP contribution is 2.29. The molecule has 1 heterocycles. The average Bonchev–Trinajstić information content (AvgIpc) is 2.50. The molecule has 2 amide bonds. The molecule has 1 aromatic rings. The normalized spacial score (nSPS) is 16.3. The Hall–Kier alpha value is -1.26. The Kier molecular flexibility index (Phi) is 5.58. The Morgan fingerprint density at radius 1 is 1.22 bits per heavy atom. The molecule has 4 nitrogen and oxygen atoms in total. The van der Waals surface area contributed by atoms with Gasteiger partial charge in [-0.05, 0) is 50.8 Å². The van der Waals surface area contributed by atoms with Crippen LogP contribution in [0.5, 0.6) is 0 Å². The number of amides is 2. The van der Waals surface area contributed by atoms with Crippen LogP contribution in [0.2, 0.25) is 10.0 Å². The lowest BCUT2D eigenvalue weighted by molar-refractivity contribution is -0.147. The lowest BCUT2D eigenvalue weighted by atomic mass is 9.88. The van der Waals surface area contributed by atoms with Gasteiger partial charge in [0.15, 0.2) is 0 Å². The number of anilines is 1. The zero-order chi connectivity index (χ0) is 17.2. The third-order valence-electron chi connectivity index (χ3n) is 4.35. The SMILES string of the molecule is CC1CCN(C(=O)C(C)(C)C(=O)Nc2cc(Cl)ccc2Cl)CC1. The summed E-state index contributed by atoms with van der Waals surface area (Å²) in [6.45, 7) is 6.87. The fourth-order valence-corrected chi connectivity index (χ4v) is 2.91. The van der Waals surface area contributed by atoms with Crippen LogP contribution in [0.15, 0.2) is 18.2 Å². The topological polar surface area (TPSA) is 49.4 Å². The van der Waals surface area contributed by atoms with Crippen molar-refractivity contribution in [3.05, 3.63) is 28.2 Å². The summed E-state index contributed by atoms with van der Waals surface area (Å²) in [6, 6.07) is 4.83. The molecule has 0 atom stereocenters. The molecule has 0 saturated carbocycles. The van der Waals surface area contributed by atoms with Crippen molar-refractivity contribution in [2.45, 2.75) is 33.6 Å². The molecular formula is C17H22Cl2N2O2. The molecule has 1 saturated heterocycles. The van der Waals surface area contributed by atoms with Gasteiger partial charge < -0.3 is 10.2 Å². The molecule has 1 aliphatic heterocycles. The maximum absolute atomic E-state index is 12.7. The van der Waals surface area contributed by atoms with Crippen LogP contribution in [0.3, 0.4) is 0 Å². The van der Waals surface area contributed by atoms with E-state index in [0.717, 1.165) is 12.8 Å². The second-order valence-electron chi connectivity index (χ2n) is 6.68. The van der Waals surface area contributed by atoms with E-state index >= 15 is 0 Å². The van der Waals surface area contributed by atoms with Gasteiger partial charge in [0.05, 0.1) is 10.7 Å². The summed E-state index contributed by atoms with van der Waals surface area (Å²) in [7, 11) is 0. The first-order valence-corrected chi connectivity index (χ1v) is 8.53. The molecule has 0 spiro atoms. The second-order valence-corrected chi connectivity index (χ2v) is 7.52. The van der Waals surface area contributed by atoms with Gasteiger partial charge in [0.2, 0.25) is 11.8 Å². The van der Waals surface area contributed by atoms with Gasteiger partial charge in [0.1, 0.15) is 5.41 Å². The summed E-state index contributed by atoms with van der Waals surface area (Å²) in [6.07, 6.45) is 1.95. The fraction of sp³-hybridized carbons (Fsp3) is 0.529. The van der Waals surface area contributed by atoms with Crippen LogP contribution in [0.25, 0.3) is 0 Å². The molecule has 23 heavy (non-hydrogen) atoms. The Morgan fingerprint density at radius 3 is 2.43 bits per heavy atom. The first-order chi connectivity index (χ1) is 10.7. The van der Waals surface area contributed by atoms with Gasteiger partial charge in [-0.3, -0.25) is 9.59 Å². The number of rotatable bonds is 3. The molecule has 1 aromatic carbocycles. The predicted octanol–water partition coefficient (Wildman–Crippen LogP) is 4.22. The molecule has 0 unspecified atom stereocenters. The van der Waals surface area contributed by atoms with Gasteiger partial charge in [0, 0.05) is 18.1 Å². The molecule has 126 valence electrons. The minimum absolute atomic E-state index is 0.153. The van der Waals surface area contributed by atoms with Crippen LogP contribution in [0.4, 0.5) is 5.69 Å². The number of carbonyl (C=O) groups excluding carboxylic acids is 2. The van der Waals surface area contributed by atoms with Crippen molar-refractivity contribution >= 4 is 40.7 Å². The number of likely N-dealkylation sites (tertiary alicyclic amines) is 1. The van der Waals surface area contributed by atoms with Gasteiger partial charge in [-0.15, -0.1) is 0 Å². The molecule has 0 bridgehead atoms. The maximum Gasteiger partial charge on any atom is 0.239 e. The van der Waals surface area contributed by atoms with E-state index in [1.807, 2.05) is 0 Å². The number of nitrogens with one attached hydrogen (secondary N) is 1. The largest absolute Gasteiger partial charge is 0.342 e. The standard InChI is InChI=1S/C17H22Cl2N2O2/c1-11-6-8-21(9-7-11)16(23)17(2,3)15(22)20-14-10-12(18)4-5-13(14)19/h4-5,10-11H,6-9H2,1-3H3,(H,20,22). The van der Waals surface area contributed by atoms with E-state index < -0.39 is 5.41 Å². The van der Waals surface area contributed by atoms with E-state index in [0.29, 0.717) is 34.7 Å². The number of piperidine rings is 1. The number of carbonyl (C=O) groups is 2. The summed E-state index contributed by atoms with van der Waals surface area (Å²) in [5.74, 6) is 0.0894. The average molecular weight is 357 g/mol. The van der Waals surface area contributed by atoms with Crippen molar-refractivity contribution in [3.63, 3.8) is 0 Å². The molecule has 6 heteroatoms. The minimum atomic E-state index is -1.16. The fourth-order valence-electron chi connectivity index (χ4n) is 2.58. The molecule has 2 rings (SSSR count). The lowest BCUT2D eigenvalue weighted by Gasteiger charge is -2.35. The van der Waals surface area contributed by atoms with E-state index in [2.05, 4.69) is 12.2 Å². The van der Waals surface area contributed by atoms with Crippen molar-refractivity contribution in [2.24, 2.45) is 11.3 Å². The first-order valence-electron chi connectivity index (χ1n) is 7.77. The van der Waals surface area contributed by atoms with Crippen LogP contribution in [0.1, 0.15) is 33.6 Å². The Bertz CT molecular complexity index is 609. The summed E-state index contributed by atoms with van der Waals surface area (Å²) < 4.78 is 0. The molecular weight excluding hydrogens is 335 g/mol. The summed E-state index contributed by atoms with van der Waals surface area (Å²) in [5, 5.41) is 3.58. The van der Waals surface area contributed by atoms with Crippen LogP contribution in [-0.2, 0) is 9.59 Å². The van der Waals surface area contributed by atoms with E-state index in [1.165, 1.54) is 0 Å². The maximum atomic E-state index is 12.7. The quantitative estimate of drug-likeness (QED) is 0.824. The van der Waals surface area contributed by atoms with Gasteiger partial charge in [-0.2, -0.15) is 0 Å². The molecule has 0 radical (unpaired) electrons. The van der Waals surface area contributed by atoms with Crippen molar-refractivity contribution in [1.82, 2.24) is 4.90 Å². The number of nitrogens with zero attached hydrogens (tertiary/aromatic N) is 1. The smallest absolute Gasteiger partial charge is 0.239 e. The minimum Gasteiger partial charge on any atom is -0.342 e. The highest BCUT2D eigenvalue weighted by Gasteiger charge is 2.40. The Balaban J connectivity index is 2.10. The third-order valence-corrected chi connectivity index (χ3v) is 4.91. The predicted molar refractivity (Wildman–Crippen MR) is 93.9 cm³/mol. The molecule has 1 aliphatic rings. The van der Waals surface area contributed by atoms with Crippen LogP contribution in [-0.4, -0.2) is 29.8 Å². The number of halogens is 2. The van der Waals surface area contributed by atoms with Crippen LogP contribution < -0.4 is 5.32 Å². The van der Waals surface area contributed by atoms with Gasteiger partial charge in [-0.1, -0.05) is 30.1 Å². The zero-order valence-electron chi connectivity index (χ0n) is 13.7.